The van der Waals surface area contributed by atoms with E-state index in [2.05, 4.69) is 19.2 Å². The first-order valence-electron chi connectivity index (χ1n) is 6.27. The fourth-order valence-electron chi connectivity index (χ4n) is 1.48. The molecule has 0 aliphatic carbocycles. The Hall–Kier alpha value is -1.26. The minimum absolute atomic E-state index is 0.276. The van der Waals surface area contributed by atoms with Gasteiger partial charge in [-0.3, -0.25) is 0 Å². The van der Waals surface area contributed by atoms with Gasteiger partial charge in [0.05, 0.1) is 7.11 Å². The molecule has 4 heteroatoms. The summed E-state index contributed by atoms with van der Waals surface area (Å²) in [4.78, 5) is 0. The Labute approximate surface area is 109 Å². The van der Waals surface area contributed by atoms with Gasteiger partial charge in [0, 0.05) is 12.6 Å². The number of nitrogens with one attached hydrogen (secondary N) is 1. The Morgan fingerprint density at radius 2 is 1.94 bits per heavy atom. The number of hydrogen-bond donors (Lipinski definition) is 2. The van der Waals surface area contributed by atoms with Crippen LogP contribution >= 0.6 is 0 Å². The predicted octanol–water partition coefficient (Wildman–Crippen LogP) is 1.68. The number of ether oxygens (including phenoxy) is 2. The van der Waals surface area contributed by atoms with E-state index < -0.39 is 6.10 Å². The van der Waals surface area contributed by atoms with E-state index >= 15 is 0 Å². The van der Waals surface area contributed by atoms with Gasteiger partial charge in [0.2, 0.25) is 0 Å². The second-order valence-electron chi connectivity index (χ2n) is 4.70. The molecule has 1 aromatic rings. The van der Waals surface area contributed by atoms with Gasteiger partial charge in [-0.15, -0.1) is 0 Å². The SMILES string of the molecule is COc1cccc(OCC(O)CNCC(C)C)c1. The van der Waals surface area contributed by atoms with Crippen LogP contribution in [0.1, 0.15) is 13.8 Å². The van der Waals surface area contributed by atoms with Gasteiger partial charge in [-0.05, 0) is 24.6 Å². The predicted molar refractivity (Wildman–Crippen MR) is 72.2 cm³/mol. The van der Waals surface area contributed by atoms with Crippen LogP contribution in [0.5, 0.6) is 11.5 Å². The largest absolute Gasteiger partial charge is 0.497 e. The van der Waals surface area contributed by atoms with Crippen LogP contribution in [0.2, 0.25) is 0 Å². The lowest BCUT2D eigenvalue weighted by atomic mass is 10.2. The Kier molecular flexibility index (Phi) is 6.54. The summed E-state index contributed by atoms with van der Waals surface area (Å²) in [5, 5.41) is 12.9. The van der Waals surface area contributed by atoms with E-state index in [0.29, 0.717) is 18.2 Å². The van der Waals surface area contributed by atoms with Crippen molar-refractivity contribution in [3.05, 3.63) is 24.3 Å². The second kappa shape index (κ2) is 7.95. The van der Waals surface area contributed by atoms with E-state index in [1.54, 1.807) is 13.2 Å². The van der Waals surface area contributed by atoms with E-state index in [1.807, 2.05) is 18.2 Å². The number of aliphatic hydroxyl groups is 1. The Morgan fingerprint density at radius 1 is 1.22 bits per heavy atom. The number of hydrogen-bond acceptors (Lipinski definition) is 4. The summed E-state index contributed by atoms with van der Waals surface area (Å²) in [6.45, 7) is 5.98. The van der Waals surface area contributed by atoms with Crippen molar-refractivity contribution < 1.29 is 14.6 Å². The number of methoxy groups -OCH3 is 1. The van der Waals surface area contributed by atoms with Crippen molar-refractivity contribution >= 4 is 0 Å². The van der Waals surface area contributed by atoms with Gasteiger partial charge >= 0.3 is 0 Å². The average molecular weight is 253 g/mol. The van der Waals surface area contributed by atoms with E-state index in [4.69, 9.17) is 9.47 Å². The maximum absolute atomic E-state index is 9.73. The van der Waals surface area contributed by atoms with Crippen molar-refractivity contribution in [2.24, 2.45) is 5.92 Å². The summed E-state index contributed by atoms with van der Waals surface area (Å²) in [6, 6.07) is 7.36. The zero-order chi connectivity index (χ0) is 13.4. The van der Waals surface area contributed by atoms with Crippen LogP contribution in [-0.4, -0.2) is 38.0 Å². The molecular weight excluding hydrogens is 230 g/mol. The Morgan fingerprint density at radius 3 is 2.61 bits per heavy atom. The highest BCUT2D eigenvalue weighted by Crippen LogP contribution is 2.18. The molecule has 0 heterocycles. The number of benzene rings is 1. The van der Waals surface area contributed by atoms with E-state index in [1.165, 1.54) is 0 Å². The lowest BCUT2D eigenvalue weighted by Crippen LogP contribution is -2.33. The van der Waals surface area contributed by atoms with Crippen molar-refractivity contribution in [1.82, 2.24) is 5.32 Å². The highest BCUT2D eigenvalue weighted by molar-refractivity contribution is 5.32. The van der Waals surface area contributed by atoms with Gasteiger partial charge in [0.25, 0.3) is 0 Å². The van der Waals surface area contributed by atoms with Gasteiger partial charge in [0.15, 0.2) is 0 Å². The Bertz CT molecular complexity index is 342. The fourth-order valence-corrected chi connectivity index (χ4v) is 1.48. The first kappa shape index (κ1) is 14.8. The van der Waals surface area contributed by atoms with Crippen molar-refractivity contribution in [2.45, 2.75) is 20.0 Å². The molecule has 0 saturated carbocycles. The van der Waals surface area contributed by atoms with Crippen LogP contribution < -0.4 is 14.8 Å². The third kappa shape index (κ3) is 5.89. The van der Waals surface area contributed by atoms with E-state index in [0.717, 1.165) is 12.3 Å². The van der Waals surface area contributed by atoms with Gasteiger partial charge in [-0.1, -0.05) is 19.9 Å². The minimum atomic E-state index is -0.505. The molecule has 0 bridgehead atoms. The average Bonchev–Trinajstić information content (AvgIpc) is 2.36. The van der Waals surface area contributed by atoms with E-state index in [-0.39, 0.29) is 6.61 Å². The number of rotatable bonds is 8. The molecule has 102 valence electrons. The molecule has 1 aromatic carbocycles. The van der Waals surface area contributed by atoms with Gasteiger partial charge < -0.3 is 19.9 Å². The fraction of sp³-hybridized carbons (Fsp3) is 0.571. The summed E-state index contributed by atoms with van der Waals surface area (Å²) >= 11 is 0. The summed E-state index contributed by atoms with van der Waals surface area (Å²) in [7, 11) is 1.61. The molecule has 1 rings (SSSR count). The molecule has 2 N–H and O–H groups in total. The molecular formula is C14H23NO3. The van der Waals surface area contributed by atoms with Crippen LogP contribution in [0.25, 0.3) is 0 Å². The topological polar surface area (TPSA) is 50.7 Å². The molecule has 0 spiro atoms. The summed E-state index contributed by atoms with van der Waals surface area (Å²) in [5.74, 6) is 2.04. The van der Waals surface area contributed by atoms with Crippen molar-refractivity contribution in [3.63, 3.8) is 0 Å². The monoisotopic (exact) mass is 253 g/mol. The van der Waals surface area contributed by atoms with Crippen molar-refractivity contribution in [3.8, 4) is 11.5 Å². The van der Waals surface area contributed by atoms with E-state index in [9.17, 15) is 5.11 Å². The standard InChI is InChI=1S/C14H23NO3/c1-11(2)8-15-9-12(16)10-18-14-6-4-5-13(7-14)17-3/h4-7,11-12,15-16H,8-10H2,1-3H3. The molecule has 0 aliphatic heterocycles. The lowest BCUT2D eigenvalue weighted by Gasteiger charge is -2.14. The van der Waals surface area contributed by atoms with Gasteiger partial charge in [-0.2, -0.15) is 0 Å². The summed E-state index contributed by atoms with van der Waals surface area (Å²) in [6.07, 6.45) is -0.505. The quantitative estimate of drug-likeness (QED) is 0.740. The normalized spacial score (nSPS) is 12.5. The summed E-state index contributed by atoms with van der Waals surface area (Å²) < 4.78 is 10.6. The molecule has 4 nitrogen and oxygen atoms in total. The lowest BCUT2D eigenvalue weighted by molar-refractivity contribution is 0.105. The summed E-state index contributed by atoms with van der Waals surface area (Å²) in [5.41, 5.74) is 0. The molecule has 1 atom stereocenters. The molecule has 0 saturated heterocycles. The van der Waals surface area contributed by atoms with Crippen molar-refractivity contribution in [1.29, 1.82) is 0 Å². The molecule has 0 aromatic heterocycles. The minimum Gasteiger partial charge on any atom is -0.497 e. The zero-order valence-corrected chi connectivity index (χ0v) is 11.3. The van der Waals surface area contributed by atoms with Gasteiger partial charge in [0.1, 0.15) is 24.2 Å². The third-order valence-corrected chi connectivity index (χ3v) is 2.42. The van der Waals surface area contributed by atoms with Crippen LogP contribution in [0.4, 0.5) is 0 Å². The molecule has 0 fully saturated rings. The zero-order valence-electron chi connectivity index (χ0n) is 11.3. The molecule has 18 heavy (non-hydrogen) atoms. The molecule has 0 amide bonds. The van der Waals surface area contributed by atoms with Crippen LogP contribution in [-0.2, 0) is 0 Å². The Balaban J connectivity index is 2.26. The first-order valence-corrected chi connectivity index (χ1v) is 6.27. The van der Waals surface area contributed by atoms with Crippen LogP contribution in [0, 0.1) is 5.92 Å². The van der Waals surface area contributed by atoms with Crippen LogP contribution in [0.3, 0.4) is 0 Å². The number of aliphatic hydroxyl groups excluding tert-OH is 1. The second-order valence-corrected chi connectivity index (χ2v) is 4.70. The van der Waals surface area contributed by atoms with Crippen LogP contribution in [0.15, 0.2) is 24.3 Å². The van der Waals surface area contributed by atoms with Gasteiger partial charge in [-0.25, -0.2) is 0 Å². The third-order valence-electron chi connectivity index (χ3n) is 2.42. The highest BCUT2D eigenvalue weighted by Gasteiger charge is 2.05. The first-order chi connectivity index (χ1) is 8.61. The molecule has 0 radical (unpaired) electrons. The molecule has 1 unspecified atom stereocenters. The maximum atomic E-state index is 9.73. The highest BCUT2D eigenvalue weighted by atomic mass is 16.5. The molecule has 0 aliphatic rings. The maximum Gasteiger partial charge on any atom is 0.123 e. The van der Waals surface area contributed by atoms with Crippen molar-refractivity contribution in [2.75, 3.05) is 26.8 Å². The smallest absolute Gasteiger partial charge is 0.123 e.